The Labute approximate surface area is 216 Å². The molecule has 1 aliphatic heterocycles. The molecule has 0 radical (unpaired) electrons. The zero-order valence-corrected chi connectivity index (χ0v) is 21.3. The molecule has 11 nitrogen and oxygen atoms in total. The highest BCUT2D eigenvalue weighted by Crippen LogP contribution is 2.21. The fourth-order valence-electron chi connectivity index (χ4n) is 4.02. The predicted molar refractivity (Wildman–Crippen MR) is 136 cm³/mol. The fourth-order valence-corrected chi connectivity index (χ4v) is 4.02. The van der Waals surface area contributed by atoms with Crippen molar-refractivity contribution in [1.29, 1.82) is 0 Å². The maximum absolute atomic E-state index is 13.6. The molecule has 198 valence electrons. The maximum Gasteiger partial charge on any atom is 0.328 e. The van der Waals surface area contributed by atoms with Crippen molar-refractivity contribution in [1.82, 2.24) is 25.9 Å². The van der Waals surface area contributed by atoms with Gasteiger partial charge in [0.25, 0.3) is 0 Å². The van der Waals surface area contributed by atoms with Crippen molar-refractivity contribution in [3.63, 3.8) is 0 Å². The molecule has 1 saturated heterocycles. The van der Waals surface area contributed by atoms with Crippen molar-refractivity contribution in [2.75, 3.05) is 33.9 Å². The molecule has 2 amide bonds. The van der Waals surface area contributed by atoms with E-state index in [1.807, 2.05) is 30.3 Å². The van der Waals surface area contributed by atoms with Crippen LogP contribution in [0.15, 0.2) is 42.6 Å². The van der Waals surface area contributed by atoms with Crippen molar-refractivity contribution in [3.8, 4) is 11.9 Å². The lowest BCUT2D eigenvalue weighted by Gasteiger charge is -2.37. The molecule has 1 unspecified atom stereocenters. The van der Waals surface area contributed by atoms with Gasteiger partial charge in [0.2, 0.25) is 17.7 Å². The number of ether oxygens (including phenoxy) is 3. The maximum atomic E-state index is 13.6. The summed E-state index contributed by atoms with van der Waals surface area (Å²) in [5.74, 6) is -1.20. The molecule has 0 saturated carbocycles. The van der Waals surface area contributed by atoms with Gasteiger partial charge >= 0.3 is 12.0 Å². The summed E-state index contributed by atoms with van der Waals surface area (Å²) >= 11 is 0. The molecule has 1 aliphatic rings. The highest BCUT2D eigenvalue weighted by molar-refractivity contribution is 5.98. The van der Waals surface area contributed by atoms with E-state index in [-0.39, 0.29) is 24.9 Å². The molecule has 0 bridgehead atoms. The Balaban J connectivity index is 1.77. The van der Waals surface area contributed by atoms with Gasteiger partial charge < -0.3 is 30.2 Å². The normalized spacial score (nSPS) is 15.4. The second-order valence-electron chi connectivity index (χ2n) is 8.44. The summed E-state index contributed by atoms with van der Waals surface area (Å²) in [6, 6.07) is 8.60. The largest absolute Gasteiger partial charge is 0.480 e. The van der Waals surface area contributed by atoms with Crippen molar-refractivity contribution in [3.05, 3.63) is 53.7 Å². The van der Waals surface area contributed by atoms with Gasteiger partial charge in [0.05, 0.1) is 26.4 Å². The van der Waals surface area contributed by atoms with Crippen LogP contribution in [-0.4, -0.2) is 73.2 Å². The van der Waals surface area contributed by atoms with Gasteiger partial charge in [-0.25, -0.2) is 9.78 Å². The van der Waals surface area contributed by atoms with Crippen LogP contribution in [0.5, 0.6) is 11.9 Å². The summed E-state index contributed by atoms with van der Waals surface area (Å²) in [5, 5.41) is 8.90. The van der Waals surface area contributed by atoms with Crippen molar-refractivity contribution < 1.29 is 28.6 Å². The van der Waals surface area contributed by atoms with Gasteiger partial charge in [-0.15, -0.1) is 0 Å². The summed E-state index contributed by atoms with van der Waals surface area (Å²) in [6.45, 7) is 2.96. The third-order valence-electron chi connectivity index (χ3n) is 5.96. The van der Waals surface area contributed by atoms with E-state index in [9.17, 15) is 14.4 Å². The van der Waals surface area contributed by atoms with Crippen LogP contribution in [0.25, 0.3) is 6.08 Å². The number of benzene rings is 1. The van der Waals surface area contributed by atoms with Crippen molar-refractivity contribution in [2.24, 2.45) is 0 Å². The van der Waals surface area contributed by atoms with Crippen LogP contribution in [0.1, 0.15) is 30.9 Å². The van der Waals surface area contributed by atoms with Crippen LogP contribution in [0.3, 0.4) is 0 Å². The molecule has 1 fully saturated rings. The van der Waals surface area contributed by atoms with Gasteiger partial charge in [-0.1, -0.05) is 30.3 Å². The summed E-state index contributed by atoms with van der Waals surface area (Å²) in [4.78, 5) is 47.3. The van der Waals surface area contributed by atoms with E-state index in [0.29, 0.717) is 31.5 Å². The molecule has 1 atom stereocenters. The molecule has 1 aromatic heterocycles. The molecule has 3 N–H and O–H groups in total. The Kier molecular flexibility index (Phi) is 9.96. The second-order valence-corrected chi connectivity index (χ2v) is 8.44. The highest BCUT2D eigenvalue weighted by Gasteiger charge is 2.42. The van der Waals surface area contributed by atoms with Crippen molar-refractivity contribution >= 4 is 23.9 Å². The number of hydrogen-bond acceptors (Lipinski definition) is 9. The van der Waals surface area contributed by atoms with E-state index in [2.05, 4.69) is 25.9 Å². The van der Waals surface area contributed by atoms with Gasteiger partial charge in [-0.3, -0.25) is 9.59 Å². The summed E-state index contributed by atoms with van der Waals surface area (Å²) in [5.41, 5.74) is 0.143. The summed E-state index contributed by atoms with van der Waals surface area (Å²) in [6.07, 6.45) is 5.23. The van der Waals surface area contributed by atoms with E-state index >= 15 is 0 Å². The van der Waals surface area contributed by atoms with E-state index in [1.165, 1.54) is 32.6 Å². The van der Waals surface area contributed by atoms with Gasteiger partial charge in [0.1, 0.15) is 11.6 Å². The number of methoxy groups -OCH3 is 2. The molecular weight excluding hydrogens is 478 g/mol. The quantitative estimate of drug-likeness (QED) is 0.298. The number of amides is 2. The van der Waals surface area contributed by atoms with E-state index in [4.69, 9.17) is 14.2 Å². The van der Waals surface area contributed by atoms with E-state index in [1.54, 1.807) is 6.92 Å². The van der Waals surface area contributed by atoms with Gasteiger partial charge in [0, 0.05) is 18.7 Å². The van der Waals surface area contributed by atoms with Crippen LogP contribution in [-0.2, 0) is 25.5 Å². The number of piperidine rings is 1. The molecule has 2 heterocycles. The first kappa shape index (κ1) is 27.6. The van der Waals surface area contributed by atoms with Crippen LogP contribution in [0.2, 0.25) is 0 Å². The first-order chi connectivity index (χ1) is 17.9. The minimum atomic E-state index is -1.20. The van der Waals surface area contributed by atoms with Crippen molar-refractivity contribution in [2.45, 2.75) is 37.8 Å². The SMILES string of the molecule is CCOC(=O)C(Cc1ccccc1)NC(=O)C1(NC(=O)C=Cc2cnc(OC)nc2OC)CCNCC1. The molecule has 11 heteroatoms. The number of nitrogens with one attached hydrogen (secondary N) is 3. The Morgan fingerprint density at radius 3 is 2.51 bits per heavy atom. The smallest absolute Gasteiger partial charge is 0.328 e. The number of carbonyl (C=O) groups excluding carboxylic acids is 3. The molecule has 0 aliphatic carbocycles. The number of hydrogen-bond donors (Lipinski definition) is 3. The number of carbonyl (C=O) groups is 3. The number of aromatic nitrogens is 2. The average molecular weight is 512 g/mol. The van der Waals surface area contributed by atoms with E-state index < -0.39 is 29.4 Å². The topological polar surface area (TPSA) is 141 Å². The number of rotatable bonds is 11. The van der Waals surface area contributed by atoms with Crippen LogP contribution in [0, 0.1) is 0 Å². The standard InChI is InChI=1S/C26H33N5O6/c1-4-37-23(33)20(16-18-8-6-5-7-9-18)29-24(34)26(12-14-27-15-13-26)31-21(32)11-10-19-17-28-25(36-3)30-22(19)35-2/h5-11,17,20,27H,4,12-16H2,1-3H3,(H,29,34)(H,31,32). The molecular formula is C26H33N5O6. The lowest BCUT2D eigenvalue weighted by Crippen LogP contribution is -2.64. The van der Waals surface area contributed by atoms with Crippen LogP contribution < -0.4 is 25.4 Å². The lowest BCUT2D eigenvalue weighted by atomic mass is 9.86. The Morgan fingerprint density at radius 1 is 1.14 bits per heavy atom. The highest BCUT2D eigenvalue weighted by atomic mass is 16.5. The molecule has 3 rings (SSSR count). The zero-order chi connectivity index (χ0) is 26.7. The van der Waals surface area contributed by atoms with Gasteiger partial charge in [0.15, 0.2) is 0 Å². The molecule has 2 aromatic rings. The fraction of sp³-hybridized carbons (Fsp3) is 0.423. The zero-order valence-electron chi connectivity index (χ0n) is 21.3. The Hall–Kier alpha value is -3.99. The van der Waals surface area contributed by atoms with Gasteiger partial charge in [-0.2, -0.15) is 4.98 Å². The van der Waals surface area contributed by atoms with Crippen LogP contribution >= 0.6 is 0 Å². The predicted octanol–water partition coefficient (Wildman–Crippen LogP) is 1.04. The Morgan fingerprint density at radius 2 is 1.86 bits per heavy atom. The van der Waals surface area contributed by atoms with Gasteiger partial charge in [-0.05, 0) is 44.5 Å². The Bertz CT molecular complexity index is 1100. The summed E-state index contributed by atoms with van der Waals surface area (Å²) in [7, 11) is 2.89. The minimum absolute atomic E-state index is 0.135. The summed E-state index contributed by atoms with van der Waals surface area (Å²) < 4.78 is 15.4. The third-order valence-corrected chi connectivity index (χ3v) is 5.96. The average Bonchev–Trinajstić information content (AvgIpc) is 2.92. The number of esters is 1. The number of nitrogens with zero attached hydrogens (tertiary/aromatic N) is 2. The lowest BCUT2D eigenvalue weighted by molar-refractivity contribution is -0.148. The monoisotopic (exact) mass is 511 g/mol. The minimum Gasteiger partial charge on any atom is -0.480 e. The first-order valence-electron chi connectivity index (χ1n) is 12.1. The second kappa shape index (κ2) is 13.4. The first-order valence-corrected chi connectivity index (χ1v) is 12.1. The third kappa shape index (κ3) is 7.50. The van der Waals surface area contributed by atoms with E-state index in [0.717, 1.165) is 5.56 Å². The molecule has 0 spiro atoms. The molecule has 1 aromatic carbocycles. The van der Waals surface area contributed by atoms with Crippen LogP contribution in [0.4, 0.5) is 0 Å². The molecule has 37 heavy (non-hydrogen) atoms.